The molecule has 9 heteroatoms. The van der Waals surface area contributed by atoms with Crippen LogP contribution >= 0.6 is 0 Å². The summed E-state index contributed by atoms with van der Waals surface area (Å²) in [5.41, 5.74) is 0.541. The van der Waals surface area contributed by atoms with Crippen molar-refractivity contribution in [1.82, 2.24) is 4.90 Å². The van der Waals surface area contributed by atoms with Crippen LogP contribution in [0.1, 0.15) is 28.8 Å². The zero-order valence-corrected chi connectivity index (χ0v) is 16.3. The van der Waals surface area contributed by atoms with Gasteiger partial charge in [0.2, 0.25) is 5.91 Å². The van der Waals surface area contributed by atoms with Gasteiger partial charge in [-0.3, -0.25) is 14.5 Å². The molecule has 2 aliphatic heterocycles. The molecule has 3 heterocycles. The van der Waals surface area contributed by atoms with E-state index in [2.05, 4.69) is 4.98 Å². The molecule has 1 aromatic carbocycles. The van der Waals surface area contributed by atoms with Gasteiger partial charge in [0, 0.05) is 30.3 Å². The third-order valence-electron chi connectivity index (χ3n) is 5.51. The average molecular weight is 419 g/mol. The summed E-state index contributed by atoms with van der Waals surface area (Å²) in [6, 6.07) is 9.56. The molecule has 0 atom stereocenters. The van der Waals surface area contributed by atoms with Gasteiger partial charge in [0.05, 0.1) is 18.7 Å². The molecule has 4 rings (SSSR count). The zero-order valence-electron chi connectivity index (χ0n) is 16.3. The van der Waals surface area contributed by atoms with Gasteiger partial charge in [-0.25, -0.2) is 4.98 Å². The first-order chi connectivity index (χ1) is 14.3. The SMILES string of the molecule is O=C(c1cccc(N2CCCC2=O)c1)N1CCN(c2ccc(C(F)(F)F)c[nH+]2)CC1. The molecule has 30 heavy (non-hydrogen) atoms. The van der Waals surface area contributed by atoms with Gasteiger partial charge in [-0.05, 0) is 30.7 Å². The Kier molecular flexibility index (Phi) is 5.36. The number of hydrogen-bond acceptors (Lipinski definition) is 3. The van der Waals surface area contributed by atoms with Crippen molar-refractivity contribution in [2.45, 2.75) is 19.0 Å². The van der Waals surface area contributed by atoms with E-state index in [1.165, 1.54) is 6.07 Å². The van der Waals surface area contributed by atoms with Crippen molar-refractivity contribution in [3.05, 3.63) is 53.7 Å². The molecule has 2 aromatic rings. The van der Waals surface area contributed by atoms with E-state index >= 15 is 0 Å². The van der Waals surface area contributed by atoms with E-state index in [4.69, 9.17) is 0 Å². The summed E-state index contributed by atoms with van der Waals surface area (Å²) in [6.07, 6.45) is -2.08. The molecular weight excluding hydrogens is 397 g/mol. The Morgan fingerprint density at radius 3 is 2.37 bits per heavy atom. The van der Waals surface area contributed by atoms with Crippen LogP contribution in [0.5, 0.6) is 0 Å². The van der Waals surface area contributed by atoms with Crippen LogP contribution in [-0.2, 0) is 11.0 Å². The Morgan fingerprint density at radius 1 is 1.00 bits per heavy atom. The number of pyridine rings is 1. The summed E-state index contributed by atoms with van der Waals surface area (Å²) in [4.78, 5) is 32.9. The number of rotatable bonds is 3. The predicted octanol–water partition coefficient (Wildman–Crippen LogP) is 2.61. The molecule has 0 unspecified atom stereocenters. The number of alkyl halides is 3. The van der Waals surface area contributed by atoms with Crippen LogP contribution in [0.2, 0.25) is 0 Å². The number of amides is 2. The Labute approximate surface area is 171 Å². The first-order valence-electron chi connectivity index (χ1n) is 9.86. The largest absolute Gasteiger partial charge is 0.419 e. The van der Waals surface area contributed by atoms with E-state index in [1.54, 1.807) is 28.0 Å². The van der Waals surface area contributed by atoms with E-state index in [9.17, 15) is 22.8 Å². The maximum atomic E-state index is 12.9. The maximum Gasteiger partial charge on any atom is 0.419 e. The number of halogens is 3. The van der Waals surface area contributed by atoms with E-state index < -0.39 is 11.7 Å². The Bertz CT molecular complexity index is 938. The first-order valence-corrected chi connectivity index (χ1v) is 9.86. The highest BCUT2D eigenvalue weighted by Crippen LogP contribution is 2.28. The molecule has 0 saturated carbocycles. The average Bonchev–Trinajstić information content (AvgIpc) is 3.19. The minimum absolute atomic E-state index is 0.0704. The zero-order chi connectivity index (χ0) is 21.3. The minimum Gasteiger partial charge on any atom is -0.331 e. The number of carbonyl (C=O) groups is 2. The van der Waals surface area contributed by atoms with Gasteiger partial charge in [-0.1, -0.05) is 6.07 Å². The molecule has 6 nitrogen and oxygen atoms in total. The van der Waals surface area contributed by atoms with Crippen LogP contribution in [-0.4, -0.2) is 49.4 Å². The van der Waals surface area contributed by atoms with E-state index in [1.807, 2.05) is 11.0 Å². The third kappa shape index (κ3) is 4.10. The van der Waals surface area contributed by atoms with Crippen LogP contribution in [0.4, 0.5) is 24.7 Å². The lowest BCUT2D eigenvalue weighted by Gasteiger charge is -2.31. The standard InChI is InChI=1S/C21H21F3N4O2/c22-21(23,24)16-6-7-18(25-14-16)26-9-11-27(12-10-26)20(30)15-3-1-4-17(13-15)28-8-2-5-19(28)29/h1,3-4,6-7,13-14H,2,5,8-12H2/p+1. The number of nitrogens with one attached hydrogen (secondary N) is 1. The van der Waals surface area contributed by atoms with Crippen molar-refractivity contribution in [2.75, 3.05) is 42.5 Å². The number of nitrogens with zero attached hydrogens (tertiary/aromatic N) is 3. The highest BCUT2D eigenvalue weighted by molar-refractivity contribution is 5.99. The van der Waals surface area contributed by atoms with Crippen molar-refractivity contribution >= 4 is 23.3 Å². The molecule has 0 aliphatic carbocycles. The highest BCUT2D eigenvalue weighted by Gasteiger charge is 2.33. The number of carbonyl (C=O) groups excluding carboxylic acids is 2. The van der Waals surface area contributed by atoms with Crippen molar-refractivity contribution < 1.29 is 27.7 Å². The Balaban J connectivity index is 1.39. The van der Waals surface area contributed by atoms with Gasteiger partial charge < -0.3 is 9.80 Å². The Hall–Kier alpha value is -3.10. The summed E-state index contributed by atoms with van der Waals surface area (Å²) < 4.78 is 38.1. The molecule has 0 radical (unpaired) electrons. The lowest BCUT2D eigenvalue weighted by molar-refractivity contribution is -0.367. The van der Waals surface area contributed by atoms with Crippen LogP contribution in [0.3, 0.4) is 0 Å². The number of benzene rings is 1. The second-order valence-electron chi connectivity index (χ2n) is 7.44. The second kappa shape index (κ2) is 7.97. The number of aromatic amines is 1. The number of anilines is 2. The third-order valence-corrected chi connectivity index (χ3v) is 5.51. The van der Waals surface area contributed by atoms with Crippen LogP contribution < -0.4 is 14.8 Å². The van der Waals surface area contributed by atoms with Crippen molar-refractivity contribution in [1.29, 1.82) is 0 Å². The molecule has 0 spiro atoms. The molecule has 2 fully saturated rings. The molecule has 0 bridgehead atoms. The normalized spacial score (nSPS) is 17.6. The van der Waals surface area contributed by atoms with E-state index in [0.717, 1.165) is 24.4 Å². The van der Waals surface area contributed by atoms with Gasteiger partial charge in [-0.2, -0.15) is 13.2 Å². The van der Waals surface area contributed by atoms with Crippen molar-refractivity contribution in [3.8, 4) is 0 Å². The molecule has 1 aromatic heterocycles. The molecule has 2 amide bonds. The van der Waals surface area contributed by atoms with Crippen LogP contribution in [0, 0.1) is 0 Å². The van der Waals surface area contributed by atoms with E-state index in [0.29, 0.717) is 50.5 Å². The summed E-state index contributed by atoms with van der Waals surface area (Å²) in [5, 5.41) is 0. The number of H-pyrrole nitrogens is 1. The number of piperazine rings is 1. The van der Waals surface area contributed by atoms with Crippen molar-refractivity contribution in [3.63, 3.8) is 0 Å². The monoisotopic (exact) mass is 419 g/mol. The van der Waals surface area contributed by atoms with Gasteiger partial charge in [-0.15, -0.1) is 0 Å². The predicted molar refractivity (Wildman–Crippen MR) is 104 cm³/mol. The summed E-state index contributed by atoms with van der Waals surface area (Å²) in [5.74, 6) is 0.546. The summed E-state index contributed by atoms with van der Waals surface area (Å²) in [6.45, 7) is 2.61. The number of hydrogen-bond donors (Lipinski definition) is 0. The molecule has 1 N–H and O–H groups in total. The maximum absolute atomic E-state index is 12.9. The van der Waals surface area contributed by atoms with E-state index in [-0.39, 0.29) is 11.8 Å². The molecule has 2 saturated heterocycles. The van der Waals surface area contributed by atoms with Crippen LogP contribution in [0.25, 0.3) is 0 Å². The second-order valence-corrected chi connectivity index (χ2v) is 7.44. The van der Waals surface area contributed by atoms with Gasteiger partial charge >= 0.3 is 6.18 Å². The minimum atomic E-state index is -4.38. The summed E-state index contributed by atoms with van der Waals surface area (Å²) in [7, 11) is 0. The molecule has 2 aliphatic rings. The smallest absolute Gasteiger partial charge is 0.331 e. The van der Waals surface area contributed by atoms with Crippen LogP contribution in [0.15, 0.2) is 42.6 Å². The van der Waals surface area contributed by atoms with Gasteiger partial charge in [0.1, 0.15) is 19.3 Å². The first kappa shape index (κ1) is 20.2. The summed E-state index contributed by atoms with van der Waals surface area (Å²) >= 11 is 0. The van der Waals surface area contributed by atoms with Crippen molar-refractivity contribution in [2.24, 2.45) is 0 Å². The fourth-order valence-corrected chi connectivity index (χ4v) is 3.85. The quantitative estimate of drug-likeness (QED) is 0.769. The lowest BCUT2D eigenvalue weighted by Crippen LogP contribution is -2.50. The van der Waals surface area contributed by atoms with Gasteiger partial charge in [0.15, 0.2) is 0 Å². The highest BCUT2D eigenvalue weighted by atomic mass is 19.4. The fourth-order valence-electron chi connectivity index (χ4n) is 3.85. The lowest BCUT2D eigenvalue weighted by atomic mass is 10.1. The number of aromatic nitrogens is 1. The fraction of sp³-hybridized carbons (Fsp3) is 0.381. The molecular formula is C21H22F3N4O2+. The molecule has 158 valence electrons. The van der Waals surface area contributed by atoms with Gasteiger partial charge in [0.25, 0.3) is 11.7 Å². The Morgan fingerprint density at radius 2 is 1.77 bits per heavy atom. The topological polar surface area (TPSA) is 58.0 Å².